The quantitative estimate of drug-likeness (QED) is 0.0696. The first-order chi connectivity index (χ1) is 17.3. The third kappa shape index (κ3) is 33.2. The normalized spacial score (nSPS) is 10.4. The van der Waals surface area contributed by atoms with Crippen LogP contribution in [0.25, 0.3) is 0 Å². The minimum absolute atomic E-state index is 0.296. The lowest BCUT2D eigenvalue weighted by Crippen LogP contribution is -2.42. The number of unbranched alkanes of at least 4 members (excludes halogenated alkanes) is 9. The molecule has 0 aliphatic carbocycles. The lowest BCUT2D eigenvalue weighted by Gasteiger charge is -2.18. The van der Waals surface area contributed by atoms with E-state index in [1.54, 1.807) is 0 Å². The number of rotatable bonds is 21. The molecule has 0 aromatic heterocycles. The van der Waals surface area contributed by atoms with Crippen LogP contribution in [0, 0.1) is 0 Å². The van der Waals surface area contributed by atoms with Gasteiger partial charge >= 0.3 is 29.8 Å². The summed E-state index contributed by atoms with van der Waals surface area (Å²) >= 11 is 0. The molecular formula is C24H44O13. The fourth-order valence-electron chi connectivity index (χ4n) is 2.72. The summed E-state index contributed by atoms with van der Waals surface area (Å²) in [6.07, 6.45) is 10.7. The third-order valence-corrected chi connectivity index (χ3v) is 4.62. The van der Waals surface area contributed by atoms with Gasteiger partial charge in [0.1, 0.15) is 0 Å². The van der Waals surface area contributed by atoms with Crippen molar-refractivity contribution < 1.29 is 64.4 Å². The molecule has 0 radical (unpaired) electrons. The van der Waals surface area contributed by atoms with Gasteiger partial charge < -0.3 is 30.6 Å². The van der Waals surface area contributed by atoms with E-state index in [1.807, 2.05) is 6.92 Å². The average Bonchev–Trinajstić information content (AvgIpc) is 2.78. The number of carboxylic acid groups (broad SMARTS) is 5. The lowest BCUT2D eigenvalue weighted by atomic mass is 9.96. The van der Waals surface area contributed by atoms with Crippen molar-refractivity contribution in [2.75, 3.05) is 13.2 Å². The predicted octanol–water partition coefficient (Wildman–Crippen LogP) is 3.56. The first-order valence-electron chi connectivity index (χ1n) is 12.4. The van der Waals surface area contributed by atoms with E-state index in [2.05, 4.69) is 6.92 Å². The fraction of sp³-hybridized carbons (Fsp3) is 0.792. The molecule has 0 rings (SSSR count). The van der Waals surface area contributed by atoms with E-state index in [1.165, 1.54) is 57.8 Å². The third-order valence-electron chi connectivity index (χ3n) is 4.62. The maximum atomic E-state index is 10.3. The molecule has 0 amide bonds. The molecule has 13 nitrogen and oxygen atoms in total. The first kappa shape index (κ1) is 38.8. The first-order valence-corrected chi connectivity index (χ1v) is 12.4. The summed E-state index contributed by atoms with van der Waals surface area (Å²) in [5, 5.41) is 49.6. The van der Waals surface area contributed by atoms with E-state index in [0.717, 1.165) is 13.0 Å². The van der Waals surface area contributed by atoms with Gasteiger partial charge in [-0.05, 0) is 13.3 Å². The van der Waals surface area contributed by atoms with Gasteiger partial charge in [0.25, 0.3) is 0 Å². The zero-order valence-corrected chi connectivity index (χ0v) is 21.9. The maximum Gasteiger partial charge on any atom is 0.336 e. The second kappa shape index (κ2) is 26.3. The monoisotopic (exact) mass is 540 g/mol. The van der Waals surface area contributed by atoms with Gasteiger partial charge in [0, 0.05) is 0 Å². The Morgan fingerprint density at radius 1 is 0.568 bits per heavy atom. The summed E-state index contributed by atoms with van der Waals surface area (Å²) in [6.45, 7) is 5.62. The van der Waals surface area contributed by atoms with Gasteiger partial charge in [-0.1, -0.05) is 64.7 Å². The lowest BCUT2D eigenvalue weighted by molar-refractivity contribution is -0.291. The van der Waals surface area contributed by atoms with Crippen LogP contribution in [0.1, 0.15) is 104 Å². The van der Waals surface area contributed by atoms with Crippen molar-refractivity contribution in [3.63, 3.8) is 0 Å². The summed E-state index contributed by atoms with van der Waals surface area (Å²) in [6, 6.07) is 0. The summed E-state index contributed by atoms with van der Waals surface area (Å²) in [7, 11) is 0. The Morgan fingerprint density at radius 3 is 1.24 bits per heavy atom. The van der Waals surface area contributed by atoms with Crippen molar-refractivity contribution in [1.82, 2.24) is 0 Å². The largest absolute Gasteiger partial charge is 0.481 e. The van der Waals surface area contributed by atoms with Crippen LogP contribution < -0.4 is 0 Å². The molecular weight excluding hydrogens is 496 g/mol. The second-order valence-corrected chi connectivity index (χ2v) is 8.18. The highest BCUT2D eigenvalue weighted by Crippen LogP contribution is 2.15. The Bertz CT molecular complexity index is 590. The van der Waals surface area contributed by atoms with Gasteiger partial charge in [0.15, 0.2) is 5.60 Å². The van der Waals surface area contributed by atoms with E-state index >= 15 is 0 Å². The fourth-order valence-corrected chi connectivity index (χ4v) is 2.72. The summed E-state index contributed by atoms with van der Waals surface area (Å²) in [5.74, 6) is -7.17. The van der Waals surface area contributed by atoms with Crippen LogP contribution in [0.5, 0.6) is 0 Å². The number of hydrogen-bond acceptors (Lipinski definition) is 8. The van der Waals surface area contributed by atoms with Crippen molar-refractivity contribution in [2.24, 2.45) is 0 Å². The van der Waals surface area contributed by atoms with Crippen LogP contribution in [0.2, 0.25) is 0 Å². The molecule has 0 heterocycles. The number of carboxylic acids is 5. The van der Waals surface area contributed by atoms with E-state index in [4.69, 9.17) is 40.4 Å². The van der Waals surface area contributed by atoms with E-state index in [9.17, 15) is 24.0 Å². The van der Waals surface area contributed by atoms with E-state index in [-0.39, 0.29) is 12.8 Å². The topological polar surface area (TPSA) is 225 Å². The predicted molar refractivity (Wildman–Crippen MR) is 131 cm³/mol. The highest BCUT2D eigenvalue weighted by Gasteiger charge is 2.40. The molecule has 0 fully saturated rings. The van der Waals surface area contributed by atoms with Gasteiger partial charge in [0.05, 0.1) is 38.9 Å². The Kier molecular flexibility index (Phi) is 27.5. The van der Waals surface area contributed by atoms with Crippen LogP contribution >= 0.6 is 0 Å². The SMILES string of the molecule is CCCCCCCCCCCCOOCC.O=C(O)CC(O)(CC(=O)O)C(=O)O.O=C(O)CCC(=O)O. The number of aliphatic carboxylic acids is 5. The van der Waals surface area contributed by atoms with Gasteiger partial charge in [-0.25, -0.2) is 14.6 Å². The Hall–Kier alpha value is -2.77. The van der Waals surface area contributed by atoms with Crippen molar-refractivity contribution in [1.29, 1.82) is 0 Å². The zero-order valence-electron chi connectivity index (χ0n) is 21.9. The molecule has 0 aromatic carbocycles. The van der Waals surface area contributed by atoms with Crippen LogP contribution in [-0.2, 0) is 33.7 Å². The van der Waals surface area contributed by atoms with Crippen molar-refractivity contribution in [3.05, 3.63) is 0 Å². The molecule has 0 bridgehead atoms. The van der Waals surface area contributed by atoms with Crippen molar-refractivity contribution in [2.45, 2.75) is 109 Å². The molecule has 0 atom stereocenters. The molecule has 218 valence electrons. The number of aliphatic hydroxyl groups is 1. The van der Waals surface area contributed by atoms with Crippen LogP contribution in [0.3, 0.4) is 0 Å². The molecule has 0 saturated heterocycles. The van der Waals surface area contributed by atoms with Crippen LogP contribution in [-0.4, -0.2) is 79.3 Å². The second-order valence-electron chi connectivity index (χ2n) is 8.18. The standard InChI is InChI=1S/C14H30O2.C6H8O7.C4H6O4/c1-3-5-6-7-8-9-10-11-12-13-14-16-15-4-2;7-3(8)1-6(13,5(11)12)2-4(9)10;5-3(6)1-2-4(7)8/h3-14H2,1-2H3;13H,1-2H2,(H,7,8)(H,9,10)(H,11,12);1-2H2,(H,5,6)(H,7,8). The number of carbonyl (C=O) groups is 5. The number of hydrogen-bond donors (Lipinski definition) is 6. The minimum atomic E-state index is -2.74. The van der Waals surface area contributed by atoms with Crippen molar-refractivity contribution in [3.8, 4) is 0 Å². The van der Waals surface area contributed by atoms with Gasteiger partial charge in [-0.15, -0.1) is 0 Å². The molecule has 0 saturated carbocycles. The molecule has 0 aliphatic heterocycles. The van der Waals surface area contributed by atoms with Gasteiger partial charge in [-0.3, -0.25) is 19.2 Å². The molecule has 0 aliphatic rings. The maximum absolute atomic E-state index is 10.3. The highest BCUT2D eigenvalue weighted by molar-refractivity contribution is 5.88. The summed E-state index contributed by atoms with van der Waals surface area (Å²) in [4.78, 5) is 59.5. The molecule has 6 N–H and O–H groups in total. The molecule has 13 heteroatoms. The molecule has 0 spiro atoms. The van der Waals surface area contributed by atoms with E-state index in [0.29, 0.717) is 6.61 Å². The van der Waals surface area contributed by atoms with Crippen LogP contribution in [0.15, 0.2) is 0 Å². The van der Waals surface area contributed by atoms with Crippen LogP contribution in [0.4, 0.5) is 0 Å². The molecule has 0 aromatic rings. The Balaban J connectivity index is -0.000000495. The van der Waals surface area contributed by atoms with Gasteiger partial charge in [0.2, 0.25) is 0 Å². The Morgan fingerprint density at radius 2 is 0.946 bits per heavy atom. The highest BCUT2D eigenvalue weighted by atomic mass is 17.2. The van der Waals surface area contributed by atoms with E-state index < -0.39 is 48.3 Å². The molecule has 37 heavy (non-hydrogen) atoms. The zero-order chi connectivity index (χ0) is 29.1. The summed E-state index contributed by atoms with van der Waals surface area (Å²) < 4.78 is 0. The van der Waals surface area contributed by atoms with Crippen molar-refractivity contribution >= 4 is 29.8 Å². The van der Waals surface area contributed by atoms with Gasteiger partial charge in [-0.2, -0.15) is 0 Å². The summed E-state index contributed by atoms with van der Waals surface area (Å²) in [5.41, 5.74) is -2.74. The molecule has 0 unspecified atom stereocenters. The minimum Gasteiger partial charge on any atom is -0.481 e. The average molecular weight is 541 g/mol. The Labute approximate surface area is 217 Å². The smallest absolute Gasteiger partial charge is 0.336 e.